The summed E-state index contributed by atoms with van der Waals surface area (Å²) >= 11 is 5.78. The molecule has 0 bridgehead atoms. The van der Waals surface area contributed by atoms with Crippen LogP contribution in [0.4, 0.5) is 5.69 Å². The number of carbonyl (C=O) groups excluding carboxylic acids is 1. The van der Waals surface area contributed by atoms with Gasteiger partial charge in [0.15, 0.2) is 0 Å². The minimum absolute atomic E-state index is 0.261. The number of halogens is 1. The van der Waals surface area contributed by atoms with Gasteiger partial charge in [-0.3, -0.25) is 9.36 Å². The molecule has 0 aliphatic carbocycles. The second-order valence-electron chi connectivity index (χ2n) is 4.22. The van der Waals surface area contributed by atoms with Crippen molar-refractivity contribution in [1.82, 2.24) is 19.7 Å². The molecule has 2 aromatic heterocycles. The Hall–Kier alpha value is -2.73. The Kier molecular flexibility index (Phi) is 3.61. The van der Waals surface area contributed by atoms with Gasteiger partial charge in [0, 0.05) is 5.69 Å². The van der Waals surface area contributed by atoms with Gasteiger partial charge in [0.2, 0.25) is 0 Å². The van der Waals surface area contributed by atoms with Gasteiger partial charge in [0.05, 0.1) is 5.69 Å². The van der Waals surface area contributed by atoms with E-state index in [0.29, 0.717) is 5.69 Å². The minimum Gasteiger partial charge on any atom is -0.321 e. The molecule has 2 heterocycles. The molecule has 0 radical (unpaired) electrons. The van der Waals surface area contributed by atoms with Gasteiger partial charge in [-0.25, -0.2) is 4.98 Å². The van der Waals surface area contributed by atoms with E-state index in [2.05, 4.69) is 20.5 Å². The van der Waals surface area contributed by atoms with Crippen LogP contribution in [0, 0.1) is 0 Å². The van der Waals surface area contributed by atoms with Crippen molar-refractivity contribution in [3.05, 3.63) is 66.0 Å². The average Bonchev–Trinajstić information content (AvgIpc) is 3.02. The smallest absolute Gasteiger partial charge is 0.274 e. The van der Waals surface area contributed by atoms with Crippen molar-refractivity contribution in [2.45, 2.75) is 0 Å². The third-order valence-corrected chi connectivity index (χ3v) is 2.98. The molecule has 0 aliphatic rings. The highest BCUT2D eigenvalue weighted by Crippen LogP contribution is 2.15. The van der Waals surface area contributed by atoms with E-state index in [9.17, 15) is 4.79 Å². The molecule has 0 fully saturated rings. The zero-order valence-corrected chi connectivity index (χ0v) is 11.5. The molecule has 6 nitrogen and oxygen atoms in total. The number of aromatic nitrogens is 4. The van der Waals surface area contributed by atoms with Crippen LogP contribution in [-0.2, 0) is 0 Å². The molecule has 0 aliphatic heterocycles. The highest BCUT2D eigenvalue weighted by molar-refractivity contribution is 6.29. The molecule has 0 atom stereocenters. The highest BCUT2D eigenvalue weighted by Gasteiger charge is 2.08. The summed E-state index contributed by atoms with van der Waals surface area (Å²) in [6, 6.07) is 12.2. The lowest BCUT2D eigenvalue weighted by molar-refractivity contribution is 0.102. The molecule has 1 amide bonds. The fourth-order valence-corrected chi connectivity index (χ4v) is 1.97. The summed E-state index contributed by atoms with van der Waals surface area (Å²) in [6.07, 6.45) is 3.17. The third kappa shape index (κ3) is 3.06. The lowest BCUT2D eigenvalue weighted by Gasteiger charge is -2.07. The summed E-state index contributed by atoms with van der Waals surface area (Å²) in [5, 5.41) is 10.5. The first-order chi connectivity index (χ1) is 10.2. The molecule has 7 heteroatoms. The first-order valence-electron chi connectivity index (χ1n) is 6.11. The van der Waals surface area contributed by atoms with Crippen LogP contribution in [0.1, 0.15) is 10.5 Å². The number of rotatable bonds is 3. The van der Waals surface area contributed by atoms with Crippen molar-refractivity contribution in [1.29, 1.82) is 0 Å². The van der Waals surface area contributed by atoms with Crippen LogP contribution in [0.15, 0.2) is 55.1 Å². The normalized spacial score (nSPS) is 10.3. The second kappa shape index (κ2) is 5.72. The molecule has 21 heavy (non-hydrogen) atoms. The van der Waals surface area contributed by atoms with Gasteiger partial charge in [0.1, 0.15) is 23.5 Å². The van der Waals surface area contributed by atoms with Crippen molar-refractivity contribution in [3.63, 3.8) is 0 Å². The molecule has 0 saturated carbocycles. The fraction of sp³-hybridized carbons (Fsp3) is 0. The molecule has 0 unspecified atom stereocenters. The van der Waals surface area contributed by atoms with E-state index in [4.69, 9.17) is 11.6 Å². The van der Waals surface area contributed by atoms with Gasteiger partial charge in [-0.05, 0) is 30.3 Å². The van der Waals surface area contributed by atoms with Crippen LogP contribution in [0.3, 0.4) is 0 Å². The van der Waals surface area contributed by atoms with Crippen molar-refractivity contribution in [2.24, 2.45) is 0 Å². The molecule has 1 aromatic carbocycles. The quantitative estimate of drug-likeness (QED) is 0.754. The standard InChI is InChI=1S/C14H10ClN5O/c15-13-6-2-5-12(19-13)14(21)18-10-3-1-4-11(7-10)20-8-16-17-9-20/h1-9H,(H,18,21). The van der Waals surface area contributed by atoms with Crippen LogP contribution in [0.5, 0.6) is 0 Å². The number of nitrogens with zero attached hydrogens (tertiary/aromatic N) is 4. The molecule has 1 N–H and O–H groups in total. The molecule has 104 valence electrons. The van der Waals surface area contributed by atoms with Gasteiger partial charge in [-0.1, -0.05) is 23.7 Å². The molecule has 3 rings (SSSR count). The Morgan fingerprint density at radius 3 is 2.62 bits per heavy atom. The lowest BCUT2D eigenvalue weighted by atomic mass is 10.2. The predicted octanol–water partition coefficient (Wildman–Crippen LogP) is 2.57. The maximum Gasteiger partial charge on any atom is 0.274 e. The van der Waals surface area contributed by atoms with E-state index in [1.807, 2.05) is 18.2 Å². The number of hydrogen-bond donors (Lipinski definition) is 1. The summed E-state index contributed by atoms with van der Waals surface area (Å²) in [6.45, 7) is 0. The van der Waals surface area contributed by atoms with Crippen molar-refractivity contribution >= 4 is 23.2 Å². The number of hydrogen-bond acceptors (Lipinski definition) is 4. The summed E-state index contributed by atoms with van der Waals surface area (Å²) in [5.41, 5.74) is 1.75. The third-order valence-electron chi connectivity index (χ3n) is 2.77. The van der Waals surface area contributed by atoms with Gasteiger partial charge < -0.3 is 5.32 Å². The topological polar surface area (TPSA) is 72.7 Å². The van der Waals surface area contributed by atoms with E-state index in [1.54, 1.807) is 41.5 Å². The summed E-state index contributed by atoms with van der Waals surface area (Å²) < 4.78 is 1.74. The van der Waals surface area contributed by atoms with Crippen LogP contribution in [0.25, 0.3) is 5.69 Å². The summed E-state index contributed by atoms with van der Waals surface area (Å²) in [7, 11) is 0. The van der Waals surface area contributed by atoms with E-state index in [-0.39, 0.29) is 16.8 Å². The van der Waals surface area contributed by atoms with E-state index in [1.165, 1.54) is 0 Å². The maximum atomic E-state index is 12.1. The Labute approximate surface area is 125 Å². The largest absolute Gasteiger partial charge is 0.321 e. The number of benzene rings is 1. The minimum atomic E-state index is -0.321. The number of nitrogens with one attached hydrogen (secondary N) is 1. The summed E-state index contributed by atoms with van der Waals surface area (Å²) in [5.74, 6) is -0.321. The summed E-state index contributed by atoms with van der Waals surface area (Å²) in [4.78, 5) is 16.1. The van der Waals surface area contributed by atoms with Crippen molar-refractivity contribution in [2.75, 3.05) is 5.32 Å². The number of anilines is 1. The second-order valence-corrected chi connectivity index (χ2v) is 4.61. The molecular weight excluding hydrogens is 290 g/mol. The van der Waals surface area contributed by atoms with E-state index in [0.717, 1.165) is 5.69 Å². The van der Waals surface area contributed by atoms with E-state index < -0.39 is 0 Å². The zero-order valence-electron chi connectivity index (χ0n) is 10.8. The SMILES string of the molecule is O=C(Nc1cccc(-n2cnnc2)c1)c1cccc(Cl)n1. The Morgan fingerprint density at radius 2 is 1.86 bits per heavy atom. The van der Waals surface area contributed by atoms with E-state index >= 15 is 0 Å². The molecule has 0 saturated heterocycles. The lowest BCUT2D eigenvalue weighted by Crippen LogP contribution is -2.13. The van der Waals surface area contributed by atoms with Crippen LogP contribution < -0.4 is 5.32 Å². The van der Waals surface area contributed by atoms with Crippen molar-refractivity contribution in [3.8, 4) is 5.69 Å². The predicted molar refractivity (Wildman–Crippen MR) is 78.6 cm³/mol. The maximum absolute atomic E-state index is 12.1. The monoisotopic (exact) mass is 299 g/mol. The number of amides is 1. The molecule has 0 spiro atoms. The van der Waals surface area contributed by atoms with Crippen LogP contribution in [-0.4, -0.2) is 25.7 Å². The van der Waals surface area contributed by atoms with Crippen LogP contribution in [0.2, 0.25) is 5.15 Å². The molecular formula is C14H10ClN5O. The Morgan fingerprint density at radius 1 is 1.10 bits per heavy atom. The fourth-order valence-electron chi connectivity index (χ4n) is 1.81. The molecule has 3 aromatic rings. The average molecular weight is 300 g/mol. The van der Waals surface area contributed by atoms with Gasteiger partial charge in [0.25, 0.3) is 5.91 Å². The van der Waals surface area contributed by atoms with Gasteiger partial charge in [-0.2, -0.15) is 0 Å². The van der Waals surface area contributed by atoms with Gasteiger partial charge >= 0.3 is 0 Å². The highest BCUT2D eigenvalue weighted by atomic mass is 35.5. The first-order valence-corrected chi connectivity index (χ1v) is 6.49. The first kappa shape index (κ1) is 13.3. The number of carbonyl (C=O) groups is 1. The Balaban J connectivity index is 1.82. The Bertz CT molecular complexity index is 773. The zero-order chi connectivity index (χ0) is 14.7. The van der Waals surface area contributed by atoms with Crippen molar-refractivity contribution < 1.29 is 4.79 Å². The van der Waals surface area contributed by atoms with Crippen LogP contribution >= 0.6 is 11.6 Å². The number of pyridine rings is 1. The van der Waals surface area contributed by atoms with Gasteiger partial charge in [-0.15, -0.1) is 10.2 Å².